The summed E-state index contributed by atoms with van der Waals surface area (Å²) in [6.07, 6.45) is 59.1. The number of unbranched alkanes of at least 4 members (excludes halogenated alkanes) is 46. The molecule has 19 heteroatoms. The predicted molar refractivity (Wildman–Crippen MR) is 395 cm³/mol. The highest BCUT2D eigenvalue weighted by Crippen LogP contribution is 2.45. The quantitative estimate of drug-likeness (QED) is 0.0222. The van der Waals surface area contributed by atoms with Crippen LogP contribution in [0.5, 0.6) is 0 Å². The number of ether oxygens (including phenoxy) is 4. The topological polar surface area (TPSA) is 237 Å². The van der Waals surface area contributed by atoms with Gasteiger partial charge in [-0.2, -0.15) is 0 Å². The molecule has 3 N–H and O–H groups in total. The minimum atomic E-state index is -4.96. The third kappa shape index (κ3) is 70.9. The lowest BCUT2D eigenvalue weighted by molar-refractivity contribution is -0.161. The predicted octanol–water partition coefficient (Wildman–Crippen LogP) is 23.1. The highest BCUT2D eigenvalue weighted by molar-refractivity contribution is 7.47. The van der Waals surface area contributed by atoms with E-state index in [2.05, 4.69) is 41.5 Å². The summed E-state index contributed by atoms with van der Waals surface area (Å²) in [5.41, 5.74) is 0. The van der Waals surface area contributed by atoms with Crippen LogP contribution in [0.2, 0.25) is 0 Å². The van der Waals surface area contributed by atoms with Crippen molar-refractivity contribution in [2.75, 3.05) is 39.6 Å². The first-order chi connectivity index (χ1) is 46.9. The third-order valence-corrected chi connectivity index (χ3v) is 20.5. The number of carbonyl (C=O) groups excluding carboxylic acids is 4. The number of hydrogen-bond acceptors (Lipinski definition) is 15. The van der Waals surface area contributed by atoms with Gasteiger partial charge >= 0.3 is 39.5 Å². The van der Waals surface area contributed by atoms with Gasteiger partial charge in [-0.25, -0.2) is 9.13 Å². The molecule has 3 unspecified atom stereocenters. The molecule has 0 aromatic rings. The van der Waals surface area contributed by atoms with E-state index in [1.54, 1.807) is 0 Å². The summed E-state index contributed by atoms with van der Waals surface area (Å²) in [4.78, 5) is 72.5. The van der Waals surface area contributed by atoms with Crippen LogP contribution in [0.15, 0.2) is 0 Å². The zero-order valence-electron chi connectivity index (χ0n) is 63.4. The molecular weight excluding hydrogens is 1270 g/mol. The average Bonchev–Trinajstić information content (AvgIpc) is 2.05. The minimum Gasteiger partial charge on any atom is -0.462 e. The molecule has 0 amide bonds. The van der Waals surface area contributed by atoms with Gasteiger partial charge < -0.3 is 33.8 Å². The number of phosphoric ester groups is 2. The Morgan fingerprint density at radius 3 is 0.784 bits per heavy atom. The summed E-state index contributed by atoms with van der Waals surface area (Å²) in [5, 5.41) is 10.6. The monoisotopic (exact) mass is 1420 g/mol. The van der Waals surface area contributed by atoms with Crippen LogP contribution in [0.3, 0.4) is 0 Å². The number of aliphatic hydroxyl groups excluding tert-OH is 1. The van der Waals surface area contributed by atoms with Gasteiger partial charge in [0.1, 0.15) is 19.3 Å². The van der Waals surface area contributed by atoms with Crippen LogP contribution in [0.4, 0.5) is 0 Å². The van der Waals surface area contributed by atoms with E-state index in [1.165, 1.54) is 218 Å². The molecule has 0 fully saturated rings. The summed E-state index contributed by atoms with van der Waals surface area (Å²) in [6.45, 7) is 9.49. The average molecular weight is 1420 g/mol. The number of rotatable bonds is 77. The Balaban J connectivity index is 5.09. The van der Waals surface area contributed by atoms with Gasteiger partial charge in [0, 0.05) is 25.7 Å². The Labute approximate surface area is 594 Å². The summed E-state index contributed by atoms with van der Waals surface area (Å²) >= 11 is 0. The molecule has 0 aliphatic heterocycles. The first kappa shape index (κ1) is 95.1. The molecule has 576 valence electrons. The fourth-order valence-electron chi connectivity index (χ4n) is 12.0. The van der Waals surface area contributed by atoms with Crippen LogP contribution in [-0.2, 0) is 65.4 Å². The highest BCUT2D eigenvalue weighted by atomic mass is 31.2. The second-order valence-corrected chi connectivity index (χ2v) is 31.7. The van der Waals surface area contributed by atoms with Crippen molar-refractivity contribution in [3.63, 3.8) is 0 Å². The van der Waals surface area contributed by atoms with Gasteiger partial charge in [-0.15, -0.1) is 0 Å². The number of esters is 4. The smallest absolute Gasteiger partial charge is 0.462 e. The van der Waals surface area contributed by atoms with E-state index in [-0.39, 0.29) is 25.7 Å². The van der Waals surface area contributed by atoms with E-state index < -0.39 is 97.5 Å². The minimum absolute atomic E-state index is 0.102. The molecule has 0 radical (unpaired) electrons. The Hall–Kier alpha value is -1.94. The van der Waals surface area contributed by atoms with Crippen LogP contribution < -0.4 is 0 Å². The number of hydrogen-bond donors (Lipinski definition) is 3. The van der Waals surface area contributed by atoms with Gasteiger partial charge in [0.05, 0.1) is 26.4 Å². The molecule has 6 atom stereocenters. The highest BCUT2D eigenvalue weighted by Gasteiger charge is 2.30. The van der Waals surface area contributed by atoms with Crippen LogP contribution in [0.25, 0.3) is 0 Å². The summed E-state index contributed by atoms with van der Waals surface area (Å²) in [5.74, 6) is -0.589. The molecule has 0 spiro atoms. The van der Waals surface area contributed by atoms with Crippen LogP contribution in [-0.4, -0.2) is 96.7 Å². The first-order valence-electron chi connectivity index (χ1n) is 40.5. The molecule has 0 aliphatic carbocycles. The van der Waals surface area contributed by atoms with Crippen molar-refractivity contribution >= 4 is 39.5 Å². The molecule has 0 saturated heterocycles. The largest absolute Gasteiger partial charge is 0.472 e. The van der Waals surface area contributed by atoms with E-state index in [4.69, 9.17) is 37.0 Å². The van der Waals surface area contributed by atoms with Crippen molar-refractivity contribution in [3.05, 3.63) is 0 Å². The lowest BCUT2D eigenvalue weighted by atomic mass is 10.00. The van der Waals surface area contributed by atoms with Crippen LogP contribution in [0, 0.1) is 11.8 Å². The van der Waals surface area contributed by atoms with E-state index in [0.29, 0.717) is 25.7 Å². The molecule has 0 rings (SSSR count). The Morgan fingerprint density at radius 2 is 0.526 bits per heavy atom. The van der Waals surface area contributed by atoms with Crippen molar-refractivity contribution < 1.29 is 80.2 Å². The van der Waals surface area contributed by atoms with Crippen molar-refractivity contribution in [2.45, 2.75) is 426 Å². The van der Waals surface area contributed by atoms with Gasteiger partial charge in [-0.3, -0.25) is 37.3 Å². The molecular formula is C78H152O17P2. The maximum atomic E-state index is 13.1. The normalized spacial score (nSPS) is 14.2. The van der Waals surface area contributed by atoms with Gasteiger partial charge in [-0.1, -0.05) is 356 Å². The fourth-order valence-corrected chi connectivity index (χ4v) is 13.6. The summed E-state index contributed by atoms with van der Waals surface area (Å²) in [6, 6.07) is 0. The standard InChI is InChI=1S/C78H152O17P2/c1-7-10-12-14-15-16-17-18-19-20-21-22-23-27-30-33-36-39-42-49-55-61-76(81)89-67-74(94-77(82)62-56-50-43-40-37-34-31-28-25-24-26-29-32-35-38-41-47-52-58-70(4)5)69-93-97(86,87)91-65-72(79)64-90-96(84,85)92-68-73(66-88-75(80)60-54-46-13-11-8-2)95-78(83)63-57-51-45-44-48-53-59-71(6)9-3/h70-74,79H,7-69H2,1-6H3,(H,84,85)(H,86,87)/t71?,72-,73+,74+/m0/s1. The Kier molecular flexibility index (Phi) is 68.4. The lowest BCUT2D eigenvalue weighted by Gasteiger charge is -2.21. The first-order valence-corrected chi connectivity index (χ1v) is 43.5. The van der Waals surface area contributed by atoms with Gasteiger partial charge in [0.2, 0.25) is 0 Å². The van der Waals surface area contributed by atoms with Crippen LogP contribution in [0.1, 0.15) is 408 Å². The lowest BCUT2D eigenvalue weighted by Crippen LogP contribution is -2.30. The molecule has 0 heterocycles. The van der Waals surface area contributed by atoms with Crippen molar-refractivity contribution in [2.24, 2.45) is 11.8 Å². The maximum absolute atomic E-state index is 13.1. The van der Waals surface area contributed by atoms with Gasteiger partial charge in [0.15, 0.2) is 12.2 Å². The number of aliphatic hydroxyl groups is 1. The van der Waals surface area contributed by atoms with Crippen molar-refractivity contribution in [3.8, 4) is 0 Å². The van der Waals surface area contributed by atoms with E-state index >= 15 is 0 Å². The second kappa shape index (κ2) is 69.8. The second-order valence-electron chi connectivity index (χ2n) is 28.8. The van der Waals surface area contributed by atoms with Gasteiger partial charge in [-0.05, 0) is 37.5 Å². The zero-order valence-corrected chi connectivity index (χ0v) is 65.2. The van der Waals surface area contributed by atoms with E-state index in [1.807, 2.05) is 0 Å². The summed E-state index contributed by atoms with van der Waals surface area (Å²) < 4.78 is 68.3. The molecule has 97 heavy (non-hydrogen) atoms. The molecule has 0 aliphatic rings. The number of phosphoric acid groups is 2. The van der Waals surface area contributed by atoms with E-state index in [9.17, 15) is 43.2 Å². The van der Waals surface area contributed by atoms with Crippen molar-refractivity contribution in [1.82, 2.24) is 0 Å². The Morgan fingerprint density at radius 1 is 0.299 bits per heavy atom. The maximum Gasteiger partial charge on any atom is 0.472 e. The molecule has 0 saturated carbocycles. The fraction of sp³-hybridized carbons (Fsp3) is 0.949. The summed E-state index contributed by atoms with van der Waals surface area (Å²) in [7, 11) is -9.90. The van der Waals surface area contributed by atoms with Crippen LogP contribution >= 0.6 is 15.6 Å². The third-order valence-electron chi connectivity index (χ3n) is 18.6. The molecule has 17 nitrogen and oxygen atoms in total. The Bertz CT molecular complexity index is 1870. The number of carbonyl (C=O) groups is 4. The van der Waals surface area contributed by atoms with Crippen molar-refractivity contribution in [1.29, 1.82) is 0 Å². The van der Waals surface area contributed by atoms with E-state index in [0.717, 1.165) is 108 Å². The SMILES string of the molecule is CCCCCCCCCCCCCCCCCCCCCCCC(=O)OC[C@H](COP(=O)(O)OC[C@@H](O)COP(=O)(O)OC[C@@H](COC(=O)CCCCCCC)OC(=O)CCCCCCCCC(C)CC)OC(=O)CCCCCCCCCCCCCCCCCCCCC(C)C. The molecule has 0 aromatic carbocycles. The molecule has 0 aromatic heterocycles. The molecule has 0 bridgehead atoms. The van der Waals surface area contributed by atoms with Gasteiger partial charge in [0.25, 0.3) is 0 Å². The zero-order chi connectivity index (χ0) is 71.4.